The molecule has 1 saturated heterocycles. The van der Waals surface area contributed by atoms with Crippen LogP contribution in [0.5, 0.6) is 0 Å². The largest absolute Gasteiger partial charge is 0.392 e. The van der Waals surface area contributed by atoms with E-state index in [-0.39, 0.29) is 6.10 Å². The molecule has 0 unspecified atom stereocenters. The third-order valence-electron chi connectivity index (χ3n) is 5.22. The molecule has 0 spiro atoms. The van der Waals surface area contributed by atoms with Crippen LogP contribution < -0.4 is 4.90 Å². The minimum absolute atomic E-state index is 0.286. The van der Waals surface area contributed by atoms with Crippen LogP contribution in [0.2, 0.25) is 0 Å². The molecule has 1 fully saturated rings. The summed E-state index contributed by atoms with van der Waals surface area (Å²) in [6.45, 7) is 3.61. The summed E-state index contributed by atoms with van der Waals surface area (Å²) in [6.07, 6.45) is 4.16. The van der Waals surface area contributed by atoms with Gasteiger partial charge in [0.05, 0.1) is 11.7 Å². The second-order valence-electron chi connectivity index (χ2n) is 7.13. The van der Waals surface area contributed by atoms with Gasteiger partial charge in [-0.3, -0.25) is 0 Å². The van der Waals surface area contributed by atoms with Crippen LogP contribution in [0.4, 0.5) is 5.82 Å². The van der Waals surface area contributed by atoms with Gasteiger partial charge in [-0.25, -0.2) is 4.98 Å². The first-order chi connectivity index (χ1) is 13.2. The maximum Gasteiger partial charge on any atom is 0.259 e. The Morgan fingerprint density at radius 1 is 1.15 bits per heavy atom. The summed E-state index contributed by atoms with van der Waals surface area (Å²) in [5, 5.41) is 14.4. The summed E-state index contributed by atoms with van der Waals surface area (Å²) in [5.41, 5.74) is 2.02. The van der Waals surface area contributed by atoms with Crippen molar-refractivity contribution in [2.75, 3.05) is 18.0 Å². The average molecular weight is 364 g/mol. The number of anilines is 1. The molecular formula is C21H24N4O2. The second-order valence-corrected chi connectivity index (χ2v) is 7.13. The highest BCUT2D eigenvalue weighted by Gasteiger charge is 2.26. The fraction of sp³-hybridized carbons (Fsp3) is 0.381. The van der Waals surface area contributed by atoms with Crippen molar-refractivity contribution in [1.29, 1.82) is 0 Å². The highest BCUT2D eigenvalue weighted by atomic mass is 16.5. The van der Waals surface area contributed by atoms with Gasteiger partial charge in [0.15, 0.2) is 5.82 Å². The van der Waals surface area contributed by atoms with Gasteiger partial charge in [-0.2, -0.15) is 4.98 Å². The summed E-state index contributed by atoms with van der Waals surface area (Å²) < 4.78 is 5.18. The molecule has 0 amide bonds. The van der Waals surface area contributed by atoms with Crippen LogP contribution in [0.3, 0.4) is 0 Å². The van der Waals surface area contributed by atoms with Gasteiger partial charge >= 0.3 is 0 Å². The number of benzene rings is 1. The summed E-state index contributed by atoms with van der Waals surface area (Å²) >= 11 is 0. The molecule has 1 aliphatic rings. The van der Waals surface area contributed by atoms with Crippen molar-refractivity contribution in [1.82, 2.24) is 15.1 Å². The van der Waals surface area contributed by atoms with Crippen molar-refractivity contribution in [2.45, 2.75) is 32.3 Å². The van der Waals surface area contributed by atoms with Gasteiger partial charge < -0.3 is 14.5 Å². The standard InChI is InChI=1S/C21H24N4O2/c1-15-23-21(27-24-15)18-7-8-20(22-14-18)25-11-9-17(10-12-25)19(26)13-16-5-3-2-4-6-16/h2-8,14,17,19,26H,9-13H2,1H3/t19-/m0/s1. The number of aryl methyl sites for hydroxylation is 1. The Kier molecular flexibility index (Phi) is 5.16. The van der Waals surface area contributed by atoms with E-state index in [1.54, 1.807) is 13.1 Å². The lowest BCUT2D eigenvalue weighted by atomic mass is 9.88. The zero-order chi connectivity index (χ0) is 18.6. The molecule has 140 valence electrons. The van der Waals surface area contributed by atoms with Crippen LogP contribution in [0.1, 0.15) is 24.2 Å². The van der Waals surface area contributed by atoms with Gasteiger partial charge in [-0.1, -0.05) is 35.5 Å². The van der Waals surface area contributed by atoms with E-state index in [1.807, 2.05) is 30.3 Å². The van der Waals surface area contributed by atoms with Crippen LogP contribution in [-0.4, -0.2) is 39.4 Å². The molecular weight excluding hydrogens is 340 g/mol. The van der Waals surface area contributed by atoms with E-state index in [2.05, 4.69) is 32.2 Å². The lowest BCUT2D eigenvalue weighted by Gasteiger charge is -2.35. The van der Waals surface area contributed by atoms with E-state index in [0.29, 0.717) is 17.6 Å². The topological polar surface area (TPSA) is 75.3 Å². The van der Waals surface area contributed by atoms with Crippen LogP contribution >= 0.6 is 0 Å². The van der Waals surface area contributed by atoms with Gasteiger partial charge in [0.2, 0.25) is 0 Å². The molecule has 27 heavy (non-hydrogen) atoms. The van der Waals surface area contributed by atoms with Gasteiger partial charge in [-0.05, 0) is 49.8 Å². The quantitative estimate of drug-likeness (QED) is 0.749. The summed E-state index contributed by atoms with van der Waals surface area (Å²) in [4.78, 5) is 11.1. The number of rotatable bonds is 5. The van der Waals surface area contributed by atoms with Crippen molar-refractivity contribution in [3.63, 3.8) is 0 Å². The molecule has 3 heterocycles. The Morgan fingerprint density at radius 3 is 2.56 bits per heavy atom. The summed E-state index contributed by atoms with van der Waals surface area (Å²) in [5.74, 6) is 2.40. The molecule has 1 aromatic carbocycles. The highest BCUT2D eigenvalue weighted by molar-refractivity contribution is 5.54. The third kappa shape index (κ3) is 4.17. The number of hydrogen-bond acceptors (Lipinski definition) is 6. The molecule has 0 bridgehead atoms. The molecule has 1 aliphatic heterocycles. The molecule has 0 saturated carbocycles. The number of hydrogen-bond donors (Lipinski definition) is 1. The predicted octanol–water partition coefficient (Wildman–Crippen LogP) is 3.26. The Bertz CT molecular complexity index is 855. The number of aromatic nitrogens is 3. The van der Waals surface area contributed by atoms with Crippen LogP contribution in [0.15, 0.2) is 53.2 Å². The lowest BCUT2D eigenvalue weighted by Crippen LogP contribution is -2.38. The number of piperidine rings is 1. The van der Waals surface area contributed by atoms with Gasteiger partial charge in [0.1, 0.15) is 5.82 Å². The van der Waals surface area contributed by atoms with Crippen LogP contribution in [0.25, 0.3) is 11.5 Å². The van der Waals surface area contributed by atoms with Crippen molar-refractivity contribution in [3.8, 4) is 11.5 Å². The maximum absolute atomic E-state index is 10.6. The predicted molar refractivity (Wildman–Crippen MR) is 103 cm³/mol. The molecule has 0 radical (unpaired) electrons. The van der Waals surface area contributed by atoms with Gasteiger partial charge in [0.25, 0.3) is 5.89 Å². The van der Waals surface area contributed by atoms with E-state index < -0.39 is 0 Å². The maximum atomic E-state index is 10.6. The molecule has 6 heteroatoms. The van der Waals surface area contributed by atoms with E-state index in [9.17, 15) is 5.11 Å². The van der Waals surface area contributed by atoms with Gasteiger partial charge in [-0.15, -0.1) is 0 Å². The average Bonchev–Trinajstić information content (AvgIpc) is 3.15. The van der Waals surface area contributed by atoms with Crippen LogP contribution in [0, 0.1) is 12.8 Å². The SMILES string of the molecule is Cc1noc(-c2ccc(N3CCC([C@@H](O)Cc4ccccc4)CC3)nc2)n1. The molecule has 1 atom stereocenters. The molecule has 0 aliphatic carbocycles. The fourth-order valence-electron chi connectivity index (χ4n) is 3.65. The molecule has 6 nitrogen and oxygen atoms in total. The number of pyridine rings is 1. The number of nitrogens with zero attached hydrogens (tertiary/aromatic N) is 4. The normalized spacial score (nSPS) is 16.4. The Hall–Kier alpha value is -2.73. The third-order valence-corrected chi connectivity index (χ3v) is 5.22. The van der Waals surface area contributed by atoms with Crippen molar-refractivity contribution in [2.24, 2.45) is 5.92 Å². The lowest BCUT2D eigenvalue weighted by molar-refractivity contribution is 0.0929. The summed E-state index contributed by atoms with van der Waals surface area (Å²) in [7, 11) is 0. The first-order valence-corrected chi connectivity index (χ1v) is 9.43. The molecule has 2 aromatic heterocycles. The van der Waals surface area contributed by atoms with E-state index in [0.717, 1.165) is 43.7 Å². The zero-order valence-corrected chi connectivity index (χ0v) is 15.5. The molecule has 3 aromatic rings. The van der Waals surface area contributed by atoms with E-state index in [1.165, 1.54) is 5.56 Å². The smallest absolute Gasteiger partial charge is 0.259 e. The van der Waals surface area contributed by atoms with Crippen molar-refractivity contribution >= 4 is 5.82 Å². The Balaban J connectivity index is 1.33. The van der Waals surface area contributed by atoms with Crippen LogP contribution in [-0.2, 0) is 6.42 Å². The second kappa shape index (κ2) is 7.88. The minimum Gasteiger partial charge on any atom is -0.392 e. The Morgan fingerprint density at radius 2 is 1.93 bits per heavy atom. The minimum atomic E-state index is -0.286. The Labute approximate surface area is 158 Å². The van der Waals surface area contributed by atoms with E-state index in [4.69, 9.17) is 4.52 Å². The number of aliphatic hydroxyl groups excluding tert-OH is 1. The van der Waals surface area contributed by atoms with Crippen molar-refractivity contribution in [3.05, 3.63) is 60.0 Å². The monoisotopic (exact) mass is 364 g/mol. The summed E-state index contributed by atoms with van der Waals surface area (Å²) in [6, 6.07) is 14.2. The highest BCUT2D eigenvalue weighted by Crippen LogP contribution is 2.27. The zero-order valence-electron chi connectivity index (χ0n) is 15.5. The fourth-order valence-corrected chi connectivity index (χ4v) is 3.65. The number of aliphatic hydroxyl groups is 1. The van der Waals surface area contributed by atoms with E-state index >= 15 is 0 Å². The first-order valence-electron chi connectivity index (χ1n) is 9.43. The molecule has 1 N–H and O–H groups in total. The van der Waals surface area contributed by atoms with Crippen molar-refractivity contribution < 1.29 is 9.63 Å². The van der Waals surface area contributed by atoms with Gasteiger partial charge in [0, 0.05) is 19.3 Å². The molecule has 4 rings (SSSR count). The first kappa shape index (κ1) is 17.7.